The van der Waals surface area contributed by atoms with E-state index in [0.29, 0.717) is 11.9 Å². The number of alkyl halides is 1. The first-order valence-electron chi connectivity index (χ1n) is 4.85. The van der Waals surface area contributed by atoms with Crippen molar-refractivity contribution < 1.29 is 0 Å². The minimum atomic E-state index is 0.319. The van der Waals surface area contributed by atoms with Crippen molar-refractivity contribution in [3.8, 4) is 0 Å². The highest BCUT2D eigenvalue weighted by Crippen LogP contribution is 2.26. The van der Waals surface area contributed by atoms with Gasteiger partial charge >= 0.3 is 0 Å². The van der Waals surface area contributed by atoms with Gasteiger partial charge in [0.1, 0.15) is 0 Å². The van der Waals surface area contributed by atoms with Crippen LogP contribution in [0.15, 0.2) is 24.7 Å². The zero-order valence-electron chi connectivity index (χ0n) is 8.77. The maximum absolute atomic E-state index is 5.85. The Morgan fingerprint density at radius 1 is 1.53 bits per heavy atom. The molecule has 0 aliphatic carbocycles. The van der Waals surface area contributed by atoms with Crippen LogP contribution in [0.4, 0.5) is 0 Å². The molecule has 0 bridgehead atoms. The molecular weight excluding hydrogens is 228 g/mol. The lowest BCUT2D eigenvalue weighted by molar-refractivity contribution is 0.630. The third kappa shape index (κ3) is 2.08. The minimum Gasteiger partial charge on any atom is -0.325 e. The highest BCUT2D eigenvalue weighted by molar-refractivity contribution is 7.12. The molecule has 80 valence electrons. The number of thiophene rings is 1. The average Bonchev–Trinajstić information content (AvgIpc) is 2.84. The molecule has 2 rings (SSSR count). The Morgan fingerprint density at radius 3 is 2.93 bits per heavy atom. The second kappa shape index (κ2) is 4.37. The number of halogens is 1. The number of hydrogen-bond acceptors (Lipinski definition) is 2. The lowest BCUT2D eigenvalue weighted by atomic mass is 10.2. The van der Waals surface area contributed by atoms with Gasteiger partial charge in [-0.3, -0.25) is 0 Å². The first-order chi connectivity index (χ1) is 7.22. The molecule has 2 aromatic rings. The van der Waals surface area contributed by atoms with Crippen molar-refractivity contribution in [2.45, 2.75) is 25.8 Å². The maximum atomic E-state index is 5.85. The minimum absolute atomic E-state index is 0.319. The highest BCUT2D eigenvalue weighted by atomic mass is 35.5. The van der Waals surface area contributed by atoms with E-state index in [2.05, 4.69) is 35.5 Å². The zero-order chi connectivity index (χ0) is 10.8. The van der Waals surface area contributed by atoms with E-state index in [-0.39, 0.29) is 0 Å². The molecule has 1 atom stereocenters. The van der Waals surface area contributed by atoms with Crippen molar-refractivity contribution in [2.24, 2.45) is 0 Å². The summed E-state index contributed by atoms with van der Waals surface area (Å²) in [5, 5.41) is 0. The smallest absolute Gasteiger partial charge is 0.0954 e. The molecule has 15 heavy (non-hydrogen) atoms. The lowest BCUT2D eigenvalue weighted by Crippen LogP contribution is -2.06. The number of imidazole rings is 1. The monoisotopic (exact) mass is 240 g/mol. The average molecular weight is 241 g/mol. The van der Waals surface area contributed by atoms with E-state index < -0.39 is 0 Å². The van der Waals surface area contributed by atoms with E-state index in [1.54, 1.807) is 0 Å². The van der Waals surface area contributed by atoms with Crippen LogP contribution in [0.1, 0.15) is 28.4 Å². The summed E-state index contributed by atoms with van der Waals surface area (Å²) in [6.45, 7) is 4.29. The molecule has 2 nitrogen and oxygen atoms in total. The molecular formula is C11H13ClN2S. The van der Waals surface area contributed by atoms with Crippen LogP contribution in [0, 0.1) is 6.92 Å². The predicted molar refractivity (Wildman–Crippen MR) is 64.7 cm³/mol. The number of rotatable bonds is 3. The number of aromatic nitrogens is 2. The Labute approximate surface area is 98.5 Å². The van der Waals surface area contributed by atoms with Crippen LogP contribution in [0.25, 0.3) is 0 Å². The number of aryl methyl sites for hydroxylation is 1. The van der Waals surface area contributed by atoms with E-state index in [9.17, 15) is 0 Å². The largest absolute Gasteiger partial charge is 0.325 e. The summed E-state index contributed by atoms with van der Waals surface area (Å²) in [6.07, 6.45) is 3.67. The van der Waals surface area contributed by atoms with Gasteiger partial charge in [0.25, 0.3) is 0 Å². The van der Waals surface area contributed by atoms with Crippen LogP contribution in [0.3, 0.4) is 0 Å². The topological polar surface area (TPSA) is 17.8 Å². The predicted octanol–water partition coefficient (Wildman–Crippen LogP) is 3.60. The van der Waals surface area contributed by atoms with Gasteiger partial charge in [0.05, 0.1) is 23.9 Å². The van der Waals surface area contributed by atoms with Gasteiger partial charge in [-0.15, -0.1) is 22.9 Å². The molecule has 1 unspecified atom stereocenters. The van der Waals surface area contributed by atoms with Crippen molar-refractivity contribution in [1.82, 2.24) is 9.55 Å². The Bertz CT molecular complexity index is 447. The summed E-state index contributed by atoms with van der Waals surface area (Å²) in [4.78, 5) is 6.81. The third-order valence-corrected chi connectivity index (χ3v) is 3.92. The third-order valence-electron chi connectivity index (χ3n) is 2.47. The Balaban J connectivity index is 2.31. The molecule has 0 aliphatic rings. The standard InChI is InChI=1S/C11H13ClN2S/c1-8-3-4-11(15-8)9(2)14-7-13-6-10(14)5-12/h3-4,6-7,9H,5H2,1-2H3. The first kappa shape index (κ1) is 10.7. The quantitative estimate of drug-likeness (QED) is 0.750. The van der Waals surface area contributed by atoms with Crippen LogP contribution in [-0.2, 0) is 5.88 Å². The normalized spacial score (nSPS) is 13.0. The van der Waals surface area contributed by atoms with E-state index in [1.807, 2.05) is 23.9 Å². The van der Waals surface area contributed by atoms with Gasteiger partial charge in [-0.05, 0) is 26.0 Å². The molecule has 0 saturated carbocycles. The van der Waals surface area contributed by atoms with E-state index >= 15 is 0 Å². The van der Waals surface area contributed by atoms with Gasteiger partial charge in [0.2, 0.25) is 0 Å². The van der Waals surface area contributed by atoms with E-state index in [0.717, 1.165) is 5.69 Å². The summed E-state index contributed by atoms with van der Waals surface area (Å²) in [7, 11) is 0. The molecule has 2 aromatic heterocycles. The molecule has 0 amide bonds. The summed E-state index contributed by atoms with van der Waals surface area (Å²) in [5.74, 6) is 0.509. The van der Waals surface area contributed by atoms with Gasteiger partial charge in [0, 0.05) is 16.0 Å². The Hall–Kier alpha value is -0.800. The SMILES string of the molecule is Cc1ccc(C(C)n2cncc2CCl)s1. The van der Waals surface area contributed by atoms with Crippen molar-refractivity contribution in [2.75, 3.05) is 0 Å². The van der Waals surface area contributed by atoms with Crippen LogP contribution in [0.5, 0.6) is 0 Å². The fraction of sp³-hybridized carbons (Fsp3) is 0.364. The maximum Gasteiger partial charge on any atom is 0.0954 e. The molecule has 0 spiro atoms. The summed E-state index contributed by atoms with van der Waals surface area (Å²) in [5.41, 5.74) is 1.07. The molecule has 0 N–H and O–H groups in total. The fourth-order valence-electron chi connectivity index (χ4n) is 1.60. The zero-order valence-corrected chi connectivity index (χ0v) is 10.3. The van der Waals surface area contributed by atoms with Gasteiger partial charge in [-0.2, -0.15) is 0 Å². The molecule has 4 heteroatoms. The van der Waals surface area contributed by atoms with E-state index in [4.69, 9.17) is 11.6 Å². The molecule has 0 aliphatic heterocycles. The summed E-state index contributed by atoms with van der Waals surface area (Å²) < 4.78 is 2.12. The highest BCUT2D eigenvalue weighted by Gasteiger charge is 2.12. The second-order valence-corrected chi connectivity index (χ2v) is 5.14. The van der Waals surface area contributed by atoms with Crippen molar-refractivity contribution in [3.05, 3.63) is 40.1 Å². The van der Waals surface area contributed by atoms with Crippen molar-refractivity contribution in [1.29, 1.82) is 0 Å². The fourth-order valence-corrected chi connectivity index (χ4v) is 2.73. The Morgan fingerprint density at radius 2 is 2.33 bits per heavy atom. The van der Waals surface area contributed by atoms with Gasteiger partial charge in [-0.1, -0.05) is 0 Å². The van der Waals surface area contributed by atoms with Gasteiger partial charge in [0.15, 0.2) is 0 Å². The van der Waals surface area contributed by atoms with Gasteiger partial charge < -0.3 is 4.57 Å². The van der Waals surface area contributed by atoms with Crippen LogP contribution in [-0.4, -0.2) is 9.55 Å². The Kier molecular flexibility index (Phi) is 3.12. The van der Waals surface area contributed by atoms with Crippen molar-refractivity contribution in [3.63, 3.8) is 0 Å². The summed E-state index contributed by atoms with van der Waals surface area (Å²) >= 11 is 7.67. The lowest BCUT2D eigenvalue weighted by Gasteiger charge is -2.13. The van der Waals surface area contributed by atoms with Crippen LogP contribution >= 0.6 is 22.9 Å². The first-order valence-corrected chi connectivity index (χ1v) is 6.20. The van der Waals surface area contributed by atoms with E-state index in [1.165, 1.54) is 9.75 Å². The van der Waals surface area contributed by atoms with Crippen molar-refractivity contribution >= 4 is 22.9 Å². The van der Waals surface area contributed by atoms with Crippen LogP contribution in [0.2, 0.25) is 0 Å². The van der Waals surface area contributed by atoms with Gasteiger partial charge in [-0.25, -0.2) is 4.98 Å². The number of hydrogen-bond donors (Lipinski definition) is 0. The molecule has 0 saturated heterocycles. The number of nitrogens with zero attached hydrogens (tertiary/aromatic N) is 2. The molecule has 0 fully saturated rings. The molecule has 0 radical (unpaired) electrons. The molecule has 2 heterocycles. The second-order valence-electron chi connectivity index (χ2n) is 3.55. The molecule has 0 aromatic carbocycles. The van der Waals surface area contributed by atoms with Crippen LogP contribution < -0.4 is 0 Å². The summed E-state index contributed by atoms with van der Waals surface area (Å²) in [6, 6.07) is 4.64.